The molecule has 148 valence electrons. The molecule has 0 radical (unpaired) electrons. The third-order valence-corrected chi connectivity index (χ3v) is 2.99. The minimum Gasteiger partial charge on any atom is -0.506 e. The molecule has 12 heteroatoms. The summed E-state index contributed by atoms with van der Waals surface area (Å²) in [5.41, 5.74) is -0.666. The van der Waals surface area contributed by atoms with Crippen LogP contribution in [0.15, 0.2) is 18.5 Å². The summed E-state index contributed by atoms with van der Waals surface area (Å²) in [6, 6.07) is 1.17. The van der Waals surface area contributed by atoms with Crippen LogP contribution < -0.4 is 0 Å². The highest BCUT2D eigenvalue weighted by Gasteiger charge is 2.22. The van der Waals surface area contributed by atoms with Crippen LogP contribution in [0.2, 0.25) is 0 Å². The lowest BCUT2D eigenvalue weighted by Gasteiger charge is -2.05. The van der Waals surface area contributed by atoms with Crippen molar-refractivity contribution in [1.82, 2.24) is 9.97 Å². The van der Waals surface area contributed by atoms with Crippen molar-refractivity contribution in [3.8, 4) is 11.5 Å². The third kappa shape index (κ3) is 6.54. The van der Waals surface area contributed by atoms with Gasteiger partial charge in [0.15, 0.2) is 5.75 Å². The smallest absolute Gasteiger partial charge is 0.373 e. The number of carbonyl (C=O) groups is 3. The predicted molar refractivity (Wildman–Crippen MR) is 87.2 cm³/mol. The second-order valence-corrected chi connectivity index (χ2v) is 4.81. The zero-order valence-electron chi connectivity index (χ0n) is 14.4. The molecule has 0 aromatic carbocycles. The number of aromatic nitrogens is 2. The van der Waals surface area contributed by atoms with E-state index in [0.29, 0.717) is 5.69 Å². The standard InChI is InChI=1S/C8H7NO5.C7H7NO3.CO2/c1-3-6(10)5(8(13)14)4(2-9-3)7(11)12;1-4-6(9)2-5(3-8-4)7(10)11;2-1-3/h2,10H,1H3,(H,11,12)(H,13,14);2-3,9H,1H3,(H,10,11);. The van der Waals surface area contributed by atoms with Crippen molar-refractivity contribution < 1.29 is 49.5 Å². The number of pyridine rings is 2. The number of carboxylic acid groups (broad SMARTS) is 3. The molecule has 2 aromatic heterocycles. The molecule has 28 heavy (non-hydrogen) atoms. The van der Waals surface area contributed by atoms with Crippen LogP contribution in [0.4, 0.5) is 0 Å². The fourth-order valence-electron chi connectivity index (χ4n) is 1.61. The molecule has 0 aliphatic heterocycles. The second kappa shape index (κ2) is 10.6. The molecule has 5 N–H and O–H groups in total. The zero-order valence-corrected chi connectivity index (χ0v) is 14.4. The summed E-state index contributed by atoms with van der Waals surface area (Å²) >= 11 is 0. The average molecular weight is 394 g/mol. The monoisotopic (exact) mass is 394 g/mol. The first-order chi connectivity index (χ1) is 13.0. The highest BCUT2D eigenvalue weighted by Crippen LogP contribution is 2.23. The van der Waals surface area contributed by atoms with Crippen molar-refractivity contribution in [2.24, 2.45) is 0 Å². The van der Waals surface area contributed by atoms with Crippen molar-refractivity contribution in [1.29, 1.82) is 0 Å². The normalized spacial score (nSPS) is 8.93. The van der Waals surface area contributed by atoms with Crippen molar-refractivity contribution in [2.75, 3.05) is 0 Å². The number of rotatable bonds is 3. The summed E-state index contributed by atoms with van der Waals surface area (Å²) in [6.07, 6.45) is 2.36. The number of nitrogens with zero attached hydrogens (tertiary/aromatic N) is 2. The molecule has 0 amide bonds. The number of aromatic carboxylic acids is 3. The van der Waals surface area contributed by atoms with Gasteiger partial charge in [-0.05, 0) is 19.9 Å². The van der Waals surface area contributed by atoms with Gasteiger partial charge in [0.1, 0.15) is 11.3 Å². The Kier molecular flexibility index (Phi) is 8.99. The lowest BCUT2D eigenvalue weighted by atomic mass is 10.1. The largest absolute Gasteiger partial charge is 0.506 e. The third-order valence-electron chi connectivity index (χ3n) is 2.99. The van der Waals surface area contributed by atoms with E-state index in [1.165, 1.54) is 19.2 Å². The molecule has 0 aliphatic carbocycles. The van der Waals surface area contributed by atoms with Gasteiger partial charge in [-0.25, -0.2) is 14.4 Å². The van der Waals surface area contributed by atoms with Crippen molar-refractivity contribution in [3.63, 3.8) is 0 Å². The SMILES string of the molecule is Cc1ncc(C(=O)O)c(C(=O)O)c1O.Cc1ncc(C(=O)O)cc1O.O=C=O. The molecule has 2 heterocycles. The Labute approximate surface area is 156 Å². The van der Waals surface area contributed by atoms with Gasteiger partial charge in [-0.1, -0.05) is 0 Å². The van der Waals surface area contributed by atoms with E-state index in [4.69, 9.17) is 30.0 Å². The maximum Gasteiger partial charge on any atom is 0.373 e. The molecule has 0 saturated carbocycles. The fraction of sp³-hybridized carbons (Fsp3) is 0.125. The molecular formula is C16H14N2O10. The zero-order chi connectivity index (χ0) is 22.0. The fourth-order valence-corrected chi connectivity index (χ4v) is 1.61. The minimum atomic E-state index is -1.50. The van der Waals surface area contributed by atoms with Crippen molar-refractivity contribution >= 4 is 24.1 Å². The highest BCUT2D eigenvalue weighted by molar-refractivity contribution is 6.03. The van der Waals surface area contributed by atoms with Gasteiger partial charge in [-0.15, -0.1) is 0 Å². The van der Waals surface area contributed by atoms with Crippen LogP contribution in [-0.4, -0.2) is 59.6 Å². The lowest BCUT2D eigenvalue weighted by molar-refractivity contribution is -0.191. The summed E-state index contributed by atoms with van der Waals surface area (Å²) in [5, 5.41) is 44.0. The maximum absolute atomic E-state index is 10.6. The van der Waals surface area contributed by atoms with E-state index in [0.717, 1.165) is 6.20 Å². The Balaban J connectivity index is 0.000000466. The van der Waals surface area contributed by atoms with Crippen LogP contribution in [0.3, 0.4) is 0 Å². The van der Waals surface area contributed by atoms with Gasteiger partial charge in [0.05, 0.1) is 22.5 Å². The predicted octanol–water partition coefficient (Wildman–Crippen LogP) is 0.702. The van der Waals surface area contributed by atoms with Crippen LogP contribution in [-0.2, 0) is 9.59 Å². The maximum atomic E-state index is 10.6. The molecule has 2 rings (SSSR count). The van der Waals surface area contributed by atoms with E-state index in [1.54, 1.807) is 6.92 Å². The van der Waals surface area contributed by atoms with Gasteiger partial charge in [0.25, 0.3) is 0 Å². The Morgan fingerprint density at radius 3 is 1.75 bits per heavy atom. The minimum absolute atomic E-state index is 0.00639. The van der Waals surface area contributed by atoms with Crippen LogP contribution in [0.1, 0.15) is 42.5 Å². The van der Waals surface area contributed by atoms with Gasteiger partial charge in [-0.2, -0.15) is 9.59 Å². The molecule has 0 unspecified atom stereocenters. The number of hydrogen-bond acceptors (Lipinski definition) is 9. The summed E-state index contributed by atoms with van der Waals surface area (Å²) in [4.78, 5) is 55.0. The molecule has 0 aliphatic rings. The molecule has 2 aromatic rings. The Hall–Kier alpha value is -4.31. The van der Waals surface area contributed by atoms with E-state index in [1.807, 2.05) is 0 Å². The van der Waals surface area contributed by atoms with Gasteiger partial charge in [0.2, 0.25) is 0 Å². The number of hydrogen-bond donors (Lipinski definition) is 5. The van der Waals surface area contributed by atoms with E-state index >= 15 is 0 Å². The molecule has 0 atom stereocenters. The van der Waals surface area contributed by atoms with Crippen LogP contribution >= 0.6 is 0 Å². The van der Waals surface area contributed by atoms with Gasteiger partial charge < -0.3 is 25.5 Å². The lowest BCUT2D eigenvalue weighted by Crippen LogP contribution is -2.10. The molecule has 0 saturated heterocycles. The van der Waals surface area contributed by atoms with Gasteiger partial charge in [-0.3, -0.25) is 9.97 Å². The number of aryl methyl sites for hydroxylation is 2. The first kappa shape index (κ1) is 23.7. The molecule has 0 bridgehead atoms. The van der Waals surface area contributed by atoms with Crippen LogP contribution in [0.5, 0.6) is 11.5 Å². The topological polar surface area (TPSA) is 212 Å². The summed E-state index contributed by atoms with van der Waals surface area (Å²) in [7, 11) is 0. The summed E-state index contributed by atoms with van der Waals surface area (Å²) in [5.74, 6) is -4.73. The van der Waals surface area contributed by atoms with Gasteiger partial charge >= 0.3 is 24.1 Å². The second-order valence-electron chi connectivity index (χ2n) is 4.81. The first-order valence-corrected chi connectivity index (χ1v) is 7.01. The summed E-state index contributed by atoms with van der Waals surface area (Å²) in [6.45, 7) is 2.98. The van der Waals surface area contributed by atoms with Crippen LogP contribution in [0, 0.1) is 13.8 Å². The number of carbonyl (C=O) groups excluding carboxylic acids is 2. The number of aromatic hydroxyl groups is 2. The molecule has 0 spiro atoms. The first-order valence-electron chi connectivity index (χ1n) is 7.01. The Bertz CT molecular complexity index is 933. The van der Waals surface area contributed by atoms with Crippen molar-refractivity contribution in [2.45, 2.75) is 13.8 Å². The summed E-state index contributed by atoms with van der Waals surface area (Å²) < 4.78 is 0. The van der Waals surface area contributed by atoms with E-state index < -0.39 is 34.8 Å². The van der Waals surface area contributed by atoms with E-state index in [-0.39, 0.29) is 23.2 Å². The molecule has 12 nitrogen and oxygen atoms in total. The Morgan fingerprint density at radius 2 is 1.36 bits per heavy atom. The van der Waals surface area contributed by atoms with E-state index in [9.17, 15) is 19.5 Å². The quantitative estimate of drug-likeness (QED) is 0.486. The average Bonchev–Trinajstić information content (AvgIpc) is 2.60. The van der Waals surface area contributed by atoms with E-state index in [2.05, 4.69) is 9.97 Å². The van der Waals surface area contributed by atoms with Gasteiger partial charge in [0, 0.05) is 12.4 Å². The van der Waals surface area contributed by atoms with Crippen LogP contribution in [0.25, 0.3) is 0 Å². The molecule has 0 fully saturated rings. The highest BCUT2D eigenvalue weighted by atomic mass is 16.4. The molecular weight excluding hydrogens is 380 g/mol. The number of carboxylic acids is 3. The van der Waals surface area contributed by atoms with Crippen molar-refractivity contribution in [3.05, 3.63) is 46.5 Å². The Morgan fingerprint density at radius 1 is 0.857 bits per heavy atom.